The highest BCUT2D eigenvalue weighted by molar-refractivity contribution is 4.57. The van der Waals surface area contributed by atoms with E-state index in [9.17, 15) is 0 Å². The first-order chi connectivity index (χ1) is 26.7. The van der Waals surface area contributed by atoms with Crippen molar-refractivity contribution in [2.24, 2.45) is 0 Å². The molecular weight excluding hydrogens is 651 g/mol. The number of nitrogens with zero attached hydrogens (tertiary/aromatic N) is 1. The molecule has 1 nitrogen and oxygen atoms in total. The van der Waals surface area contributed by atoms with Gasteiger partial charge < -0.3 is 4.48 Å². The molecule has 0 aromatic rings. The van der Waals surface area contributed by atoms with Crippen molar-refractivity contribution in [1.82, 2.24) is 0 Å². The molecule has 54 heavy (non-hydrogen) atoms. The molecule has 0 heterocycles. The summed E-state index contributed by atoms with van der Waals surface area (Å²) in [5, 5.41) is 0. The molecule has 0 atom stereocenters. The van der Waals surface area contributed by atoms with E-state index in [0.29, 0.717) is 0 Å². The van der Waals surface area contributed by atoms with Crippen molar-refractivity contribution in [1.29, 1.82) is 0 Å². The molecule has 0 aliphatic rings. The first-order valence-electron chi connectivity index (χ1n) is 26.6. The predicted octanol–water partition coefficient (Wildman–Crippen LogP) is 19.4. The molecule has 0 aromatic heterocycles. The Bertz CT molecular complexity index is 567. The average molecular weight is 761 g/mol. The summed E-state index contributed by atoms with van der Waals surface area (Å²) < 4.78 is 1.49. The van der Waals surface area contributed by atoms with E-state index >= 15 is 0 Å². The van der Waals surface area contributed by atoms with Gasteiger partial charge in [-0.25, -0.2) is 0 Å². The fraction of sp³-hybridized carbons (Fsp3) is 1.00. The minimum Gasteiger partial charge on any atom is -0.324 e. The van der Waals surface area contributed by atoms with Crippen molar-refractivity contribution in [2.75, 3.05) is 26.2 Å². The Kier molecular flexibility index (Phi) is 47.3. The van der Waals surface area contributed by atoms with Crippen LogP contribution in [0.5, 0.6) is 0 Å². The van der Waals surface area contributed by atoms with E-state index in [1.807, 2.05) is 0 Å². The van der Waals surface area contributed by atoms with Crippen molar-refractivity contribution in [3.63, 3.8) is 0 Å². The van der Waals surface area contributed by atoms with Crippen molar-refractivity contribution < 1.29 is 4.48 Å². The molecule has 0 aliphatic carbocycles. The van der Waals surface area contributed by atoms with Crippen molar-refractivity contribution in [3.8, 4) is 0 Å². The Balaban J connectivity index is 4.74. The van der Waals surface area contributed by atoms with Crippen molar-refractivity contribution in [2.45, 2.75) is 317 Å². The number of rotatable bonds is 49. The first-order valence-corrected chi connectivity index (χ1v) is 26.6. The Hall–Kier alpha value is -0.0400. The highest BCUT2D eigenvalue weighted by atomic mass is 15.3. The zero-order chi connectivity index (χ0) is 39.1. The molecule has 0 unspecified atom stereocenters. The lowest BCUT2D eigenvalue weighted by molar-refractivity contribution is -0.929. The molecule has 0 bridgehead atoms. The van der Waals surface area contributed by atoms with Gasteiger partial charge in [-0.3, -0.25) is 0 Å². The third kappa shape index (κ3) is 41.6. The van der Waals surface area contributed by atoms with Crippen LogP contribution in [0.2, 0.25) is 0 Å². The average Bonchev–Trinajstić information content (AvgIpc) is 3.18. The molecule has 0 aromatic carbocycles. The third-order valence-electron chi connectivity index (χ3n) is 13.2. The van der Waals surface area contributed by atoms with Crippen LogP contribution in [-0.2, 0) is 0 Å². The summed E-state index contributed by atoms with van der Waals surface area (Å²) in [6.45, 7) is 15.3. The van der Waals surface area contributed by atoms with Gasteiger partial charge in [-0.2, -0.15) is 0 Å². The molecule has 326 valence electrons. The zero-order valence-corrected chi connectivity index (χ0v) is 39.1. The molecule has 0 N–H and O–H groups in total. The van der Waals surface area contributed by atoms with Crippen LogP contribution in [0, 0.1) is 0 Å². The van der Waals surface area contributed by atoms with Gasteiger partial charge in [0.1, 0.15) is 0 Å². The van der Waals surface area contributed by atoms with E-state index in [1.54, 1.807) is 0 Å². The number of quaternary nitrogens is 1. The lowest BCUT2D eigenvalue weighted by Gasteiger charge is -2.40. The quantitative estimate of drug-likeness (QED) is 0.0428. The highest BCUT2D eigenvalue weighted by Crippen LogP contribution is 2.22. The van der Waals surface area contributed by atoms with Gasteiger partial charge >= 0.3 is 0 Å². The Morgan fingerprint density at radius 2 is 0.259 bits per heavy atom. The zero-order valence-electron chi connectivity index (χ0n) is 39.1. The van der Waals surface area contributed by atoms with Crippen LogP contribution < -0.4 is 0 Å². The van der Waals surface area contributed by atoms with Crippen LogP contribution in [0.15, 0.2) is 0 Å². The second-order valence-corrected chi connectivity index (χ2v) is 18.7. The molecule has 0 spiro atoms. The summed E-state index contributed by atoms with van der Waals surface area (Å²) in [4.78, 5) is 0. The molecule has 1 heteroatoms. The predicted molar refractivity (Wildman–Crippen MR) is 250 cm³/mol. The summed E-state index contributed by atoms with van der Waals surface area (Å²) in [6.07, 6.45) is 66.2. The number of hydrogen-bond donors (Lipinski definition) is 0. The second-order valence-electron chi connectivity index (χ2n) is 18.7. The van der Waals surface area contributed by atoms with E-state index in [-0.39, 0.29) is 0 Å². The van der Waals surface area contributed by atoms with Gasteiger partial charge in [-0.05, 0) is 51.4 Å². The molecule has 0 rings (SSSR count). The number of hydrogen-bond acceptors (Lipinski definition) is 0. The fourth-order valence-corrected chi connectivity index (χ4v) is 9.29. The maximum atomic E-state index is 2.36. The van der Waals surface area contributed by atoms with Gasteiger partial charge in [-0.15, -0.1) is 0 Å². The molecule has 0 saturated carbocycles. The standard InChI is InChI=1S/C53H110N/c1-5-9-13-17-21-24-27-30-33-36-39-43-47-51-54(50-46-42-20-16-12-8-4,52-48-44-40-37-34-31-28-25-22-18-14-10-6-2)53-49-45-41-38-35-32-29-26-23-19-15-11-7-3/h5-53H2,1-4H3/q+1. The smallest absolute Gasteiger partial charge is 0.0786 e. The van der Waals surface area contributed by atoms with Crippen LogP contribution in [0.4, 0.5) is 0 Å². The summed E-state index contributed by atoms with van der Waals surface area (Å²) in [6, 6.07) is 0. The minimum absolute atomic E-state index is 1.37. The topological polar surface area (TPSA) is 0 Å². The van der Waals surface area contributed by atoms with Crippen LogP contribution >= 0.6 is 0 Å². The maximum Gasteiger partial charge on any atom is 0.0786 e. The lowest BCUT2D eigenvalue weighted by atomic mass is 10.0. The Morgan fingerprint density at radius 1 is 0.148 bits per heavy atom. The monoisotopic (exact) mass is 761 g/mol. The first kappa shape index (κ1) is 54.0. The van der Waals surface area contributed by atoms with E-state index in [2.05, 4.69) is 27.7 Å². The van der Waals surface area contributed by atoms with Crippen LogP contribution in [-0.4, -0.2) is 30.7 Å². The largest absolute Gasteiger partial charge is 0.324 e. The lowest BCUT2D eigenvalue weighted by Crippen LogP contribution is -2.50. The molecular formula is C53H110N+. The number of unbranched alkanes of at least 4 members (excludes halogenated alkanes) is 41. The molecule has 0 radical (unpaired) electrons. The van der Waals surface area contributed by atoms with Gasteiger partial charge in [0.15, 0.2) is 0 Å². The van der Waals surface area contributed by atoms with Gasteiger partial charge in [0.25, 0.3) is 0 Å². The van der Waals surface area contributed by atoms with Gasteiger partial charge in [0, 0.05) is 0 Å². The minimum atomic E-state index is 1.37. The van der Waals surface area contributed by atoms with E-state index in [0.717, 1.165) is 0 Å². The molecule has 0 amide bonds. The van der Waals surface area contributed by atoms with Crippen molar-refractivity contribution >= 4 is 0 Å². The maximum absolute atomic E-state index is 2.36. The SMILES string of the molecule is CCCCCCCCCCCCCCC[N+](CCCCCCCC)(CCCCCCCCCCCCCCC)CCCCCCCCCCCCCCC. The summed E-state index contributed by atoms with van der Waals surface area (Å²) in [7, 11) is 0. The van der Waals surface area contributed by atoms with E-state index < -0.39 is 0 Å². The summed E-state index contributed by atoms with van der Waals surface area (Å²) in [5.41, 5.74) is 0. The Morgan fingerprint density at radius 3 is 0.389 bits per heavy atom. The van der Waals surface area contributed by atoms with Gasteiger partial charge in [0.2, 0.25) is 0 Å². The van der Waals surface area contributed by atoms with Gasteiger partial charge in [0.05, 0.1) is 26.2 Å². The van der Waals surface area contributed by atoms with E-state index in [4.69, 9.17) is 0 Å². The Labute approximate surface area is 346 Å². The fourth-order valence-electron chi connectivity index (χ4n) is 9.29. The van der Waals surface area contributed by atoms with E-state index in [1.165, 1.54) is 320 Å². The normalized spacial score (nSPS) is 12.0. The summed E-state index contributed by atoms with van der Waals surface area (Å²) in [5.74, 6) is 0. The molecule has 0 saturated heterocycles. The van der Waals surface area contributed by atoms with Crippen LogP contribution in [0.3, 0.4) is 0 Å². The van der Waals surface area contributed by atoms with Gasteiger partial charge in [-0.1, -0.05) is 265 Å². The molecule has 0 fully saturated rings. The summed E-state index contributed by atoms with van der Waals surface area (Å²) >= 11 is 0. The van der Waals surface area contributed by atoms with Crippen LogP contribution in [0.25, 0.3) is 0 Å². The van der Waals surface area contributed by atoms with Crippen LogP contribution in [0.1, 0.15) is 317 Å². The highest BCUT2D eigenvalue weighted by Gasteiger charge is 2.25. The third-order valence-corrected chi connectivity index (χ3v) is 13.2. The van der Waals surface area contributed by atoms with Crippen molar-refractivity contribution in [3.05, 3.63) is 0 Å². The second kappa shape index (κ2) is 47.3. The molecule has 0 aliphatic heterocycles.